The third kappa shape index (κ3) is 5.61. The lowest BCUT2D eigenvalue weighted by atomic mass is 9.84. The maximum atomic E-state index is 13.6. The van der Waals surface area contributed by atoms with Crippen LogP contribution in [0.3, 0.4) is 0 Å². The summed E-state index contributed by atoms with van der Waals surface area (Å²) in [5, 5.41) is 13.0. The van der Waals surface area contributed by atoms with Gasteiger partial charge in [0.2, 0.25) is 5.91 Å². The first kappa shape index (κ1) is 23.0. The molecule has 6 nitrogen and oxygen atoms in total. The second-order valence-corrected chi connectivity index (χ2v) is 9.93. The van der Waals surface area contributed by atoms with Crippen molar-refractivity contribution in [1.82, 2.24) is 5.32 Å². The summed E-state index contributed by atoms with van der Waals surface area (Å²) in [7, 11) is 0. The molecule has 1 saturated carbocycles. The molecule has 32 heavy (non-hydrogen) atoms. The Kier molecular flexibility index (Phi) is 7.67. The Morgan fingerprint density at radius 2 is 1.84 bits per heavy atom. The van der Waals surface area contributed by atoms with Crippen LogP contribution >= 0.6 is 22.6 Å². The van der Waals surface area contributed by atoms with Gasteiger partial charge < -0.3 is 14.7 Å². The van der Waals surface area contributed by atoms with Gasteiger partial charge in [0.25, 0.3) is 0 Å². The summed E-state index contributed by atoms with van der Waals surface area (Å²) in [5.74, 6) is -0.0493. The number of nitrogens with zero attached hydrogens (tertiary/aromatic N) is 1. The van der Waals surface area contributed by atoms with Gasteiger partial charge in [-0.15, -0.1) is 0 Å². The first-order valence-corrected chi connectivity index (χ1v) is 12.4. The molecule has 1 aliphatic carbocycles. The van der Waals surface area contributed by atoms with Crippen LogP contribution in [0.2, 0.25) is 0 Å². The predicted octanol–water partition coefficient (Wildman–Crippen LogP) is 4.60. The molecule has 0 bridgehead atoms. The number of nitrogens with one attached hydrogen (secondary N) is 1. The van der Waals surface area contributed by atoms with Gasteiger partial charge >= 0.3 is 5.97 Å². The Labute approximate surface area is 202 Å². The summed E-state index contributed by atoms with van der Waals surface area (Å²) in [6.07, 6.45) is 6.20. The molecule has 2 aromatic carbocycles. The third-order valence-electron chi connectivity index (χ3n) is 6.37. The SMILES string of the molecule is O=C(O)[C@H](CC1CCCCC1)NC1COc2ccccc2N(Cc2ccc(I)cc2)C1=O. The number of aliphatic carboxylic acids is 1. The van der Waals surface area contributed by atoms with Gasteiger partial charge in [-0.2, -0.15) is 0 Å². The molecule has 1 heterocycles. The molecule has 1 fully saturated rings. The van der Waals surface area contributed by atoms with Crippen molar-refractivity contribution in [3.05, 3.63) is 57.7 Å². The topological polar surface area (TPSA) is 78.9 Å². The molecule has 1 aliphatic heterocycles. The maximum absolute atomic E-state index is 13.6. The van der Waals surface area contributed by atoms with Gasteiger partial charge in [-0.1, -0.05) is 56.4 Å². The van der Waals surface area contributed by atoms with E-state index in [1.807, 2.05) is 48.5 Å². The van der Waals surface area contributed by atoms with Crippen molar-refractivity contribution >= 4 is 40.2 Å². The van der Waals surface area contributed by atoms with Crippen LogP contribution in [0.1, 0.15) is 44.1 Å². The van der Waals surface area contributed by atoms with E-state index in [9.17, 15) is 14.7 Å². The van der Waals surface area contributed by atoms with Crippen molar-refractivity contribution in [3.8, 4) is 5.75 Å². The van der Waals surface area contributed by atoms with Crippen molar-refractivity contribution in [1.29, 1.82) is 0 Å². The van der Waals surface area contributed by atoms with E-state index in [2.05, 4.69) is 27.9 Å². The zero-order valence-electron chi connectivity index (χ0n) is 18.0. The maximum Gasteiger partial charge on any atom is 0.320 e. The fourth-order valence-corrected chi connectivity index (χ4v) is 5.01. The first-order valence-electron chi connectivity index (χ1n) is 11.3. The van der Waals surface area contributed by atoms with E-state index in [-0.39, 0.29) is 12.5 Å². The number of halogens is 1. The number of carboxylic acids is 1. The standard InChI is InChI=1S/C25H29IN2O4/c26-19-12-10-18(11-13-19)15-28-22-8-4-5-9-23(22)32-16-21(24(28)29)27-20(25(30)31)14-17-6-2-1-3-7-17/h4-5,8-13,17,20-21,27H,1-3,6-7,14-16H2,(H,30,31)/t20-,21?/m0/s1. The van der Waals surface area contributed by atoms with Crippen LogP contribution in [0.5, 0.6) is 5.75 Å². The summed E-state index contributed by atoms with van der Waals surface area (Å²) >= 11 is 2.26. The molecule has 2 aliphatic rings. The van der Waals surface area contributed by atoms with Crippen LogP contribution < -0.4 is 15.0 Å². The molecule has 7 heteroatoms. The van der Waals surface area contributed by atoms with Crippen LogP contribution in [0.4, 0.5) is 5.69 Å². The Morgan fingerprint density at radius 3 is 2.56 bits per heavy atom. The fourth-order valence-electron chi connectivity index (χ4n) is 4.65. The highest BCUT2D eigenvalue weighted by atomic mass is 127. The van der Waals surface area contributed by atoms with Crippen LogP contribution in [0.15, 0.2) is 48.5 Å². The molecular formula is C25H29IN2O4. The Hall–Kier alpha value is -2.13. The molecule has 0 saturated heterocycles. The molecule has 1 amide bonds. The summed E-state index contributed by atoms with van der Waals surface area (Å²) in [5.41, 5.74) is 1.71. The Bertz CT molecular complexity index is 943. The number of anilines is 1. The van der Waals surface area contributed by atoms with Crippen molar-refractivity contribution < 1.29 is 19.4 Å². The lowest BCUT2D eigenvalue weighted by Gasteiger charge is -2.29. The van der Waals surface area contributed by atoms with E-state index >= 15 is 0 Å². The Balaban J connectivity index is 1.55. The molecule has 2 atom stereocenters. The lowest BCUT2D eigenvalue weighted by Crippen LogP contribution is -2.54. The van der Waals surface area contributed by atoms with Crippen LogP contribution in [0, 0.1) is 9.49 Å². The number of ether oxygens (including phenoxy) is 1. The number of benzene rings is 2. The number of amides is 1. The molecular weight excluding hydrogens is 519 g/mol. The smallest absolute Gasteiger partial charge is 0.320 e. The largest absolute Gasteiger partial charge is 0.489 e. The number of hydrogen-bond acceptors (Lipinski definition) is 4. The van der Waals surface area contributed by atoms with Crippen LogP contribution in [-0.4, -0.2) is 35.7 Å². The Morgan fingerprint density at radius 1 is 1.12 bits per heavy atom. The fraction of sp³-hybridized carbons (Fsp3) is 0.440. The van der Waals surface area contributed by atoms with Gasteiger partial charge in [-0.25, -0.2) is 0 Å². The van der Waals surface area contributed by atoms with Gasteiger partial charge in [0, 0.05) is 3.57 Å². The van der Waals surface area contributed by atoms with E-state index in [1.165, 1.54) is 6.42 Å². The molecule has 170 valence electrons. The lowest BCUT2D eigenvalue weighted by molar-refractivity contribution is -0.140. The summed E-state index contributed by atoms with van der Waals surface area (Å²) in [6.45, 7) is 0.502. The van der Waals surface area contributed by atoms with E-state index in [4.69, 9.17) is 4.74 Å². The second-order valence-electron chi connectivity index (χ2n) is 8.68. The molecule has 2 aromatic rings. The molecule has 2 N–H and O–H groups in total. The van der Waals surface area contributed by atoms with E-state index in [1.54, 1.807) is 4.90 Å². The average Bonchev–Trinajstić information content (AvgIpc) is 2.93. The zero-order valence-corrected chi connectivity index (χ0v) is 20.2. The molecule has 1 unspecified atom stereocenters. The van der Waals surface area contributed by atoms with Crippen molar-refractivity contribution in [2.45, 2.75) is 57.2 Å². The zero-order chi connectivity index (χ0) is 22.5. The van der Waals surface area contributed by atoms with Gasteiger partial charge in [0.1, 0.15) is 24.4 Å². The highest BCUT2D eigenvalue weighted by Gasteiger charge is 2.35. The van der Waals surface area contributed by atoms with Gasteiger partial charge in [0.15, 0.2) is 0 Å². The van der Waals surface area contributed by atoms with Crippen LogP contribution in [-0.2, 0) is 16.1 Å². The van der Waals surface area contributed by atoms with Crippen molar-refractivity contribution in [3.63, 3.8) is 0 Å². The van der Waals surface area contributed by atoms with E-state index in [0.717, 1.165) is 34.8 Å². The third-order valence-corrected chi connectivity index (χ3v) is 7.09. The van der Waals surface area contributed by atoms with Crippen LogP contribution in [0.25, 0.3) is 0 Å². The van der Waals surface area contributed by atoms with E-state index < -0.39 is 18.1 Å². The minimum absolute atomic E-state index is 0.105. The number of carbonyl (C=O) groups is 2. The number of fused-ring (bicyclic) bond motifs is 1. The summed E-state index contributed by atoms with van der Waals surface area (Å²) < 4.78 is 7.10. The molecule has 0 radical (unpaired) electrons. The van der Waals surface area contributed by atoms with Gasteiger partial charge in [0.05, 0.1) is 12.2 Å². The van der Waals surface area contributed by atoms with E-state index in [0.29, 0.717) is 30.3 Å². The molecule has 4 rings (SSSR count). The summed E-state index contributed by atoms with van der Waals surface area (Å²) in [4.78, 5) is 27.4. The predicted molar refractivity (Wildman–Crippen MR) is 132 cm³/mol. The number of carbonyl (C=O) groups excluding carboxylic acids is 1. The number of carboxylic acid groups (broad SMARTS) is 1. The number of hydrogen-bond donors (Lipinski definition) is 2. The highest BCUT2D eigenvalue weighted by molar-refractivity contribution is 14.1. The van der Waals surface area contributed by atoms with Crippen molar-refractivity contribution in [2.75, 3.05) is 11.5 Å². The minimum atomic E-state index is -0.908. The molecule has 0 spiro atoms. The summed E-state index contributed by atoms with van der Waals surface area (Å²) in [6, 6.07) is 14.0. The van der Waals surface area contributed by atoms with Gasteiger partial charge in [-0.05, 0) is 64.8 Å². The normalized spacial score (nSPS) is 20.2. The second kappa shape index (κ2) is 10.7. The number of para-hydroxylation sites is 2. The van der Waals surface area contributed by atoms with Crippen molar-refractivity contribution in [2.24, 2.45) is 5.92 Å². The van der Waals surface area contributed by atoms with Gasteiger partial charge in [-0.3, -0.25) is 14.9 Å². The first-order chi connectivity index (χ1) is 15.5. The number of rotatable bonds is 7. The quantitative estimate of drug-likeness (QED) is 0.495. The minimum Gasteiger partial charge on any atom is -0.489 e. The highest BCUT2D eigenvalue weighted by Crippen LogP contribution is 2.33. The average molecular weight is 548 g/mol. The monoisotopic (exact) mass is 548 g/mol. The molecule has 0 aromatic heterocycles.